The molecule has 1 aromatic carbocycles. The number of nitrogens with one attached hydrogen (secondary N) is 2. The molecule has 1 fully saturated rings. The van der Waals surface area contributed by atoms with Gasteiger partial charge in [-0.15, -0.1) is 0 Å². The molecule has 1 aliphatic rings. The van der Waals surface area contributed by atoms with Crippen LogP contribution < -0.4 is 10.6 Å². The molecule has 2 rings (SSSR count). The van der Waals surface area contributed by atoms with Crippen LogP contribution in [0.5, 0.6) is 0 Å². The molecule has 20 heavy (non-hydrogen) atoms. The molecule has 0 bridgehead atoms. The SMILES string of the molecule is O=C(N[C@H]1CCCNC1)c1cc(F)cc([N+](=O)[O-])c1F. The molecule has 1 aromatic rings. The molecule has 0 spiro atoms. The first-order chi connectivity index (χ1) is 9.49. The van der Waals surface area contributed by atoms with Crippen molar-refractivity contribution in [2.24, 2.45) is 0 Å². The molecule has 0 aliphatic carbocycles. The van der Waals surface area contributed by atoms with Crippen LogP contribution in [0.15, 0.2) is 12.1 Å². The molecule has 1 heterocycles. The second-order valence-corrected chi connectivity index (χ2v) is 4.56. The van der Waals surface area contributed by atoms with Crippen LogP contribution in [0, 0.1) is 21.7 Å². The van der Waals surface area contributed by atoms with Crippen LogP contribution in [-0.2, 0) is 0 Å². The van der Waals surface area contributed by atoms with Gasteiger partial charge in [0.2, 0.25) is 5.82 Å². The maximum absolute atomic E-state index is 13.8. The van der Waals surface area contributed by atoms with Crippen molar-refractivity contribution >= 4 is 11.6 Å². The smallest absolute Gasteiger partial charge is 0.308 e. The predicted octanol–water partition coefficient (Wildman–Crippen LogP) is 1.35. The van der Waals surface area contributed by atoms with E-state index in [1.54, 1.807) is 0 Å². The minimum Gasteiger partial charge on any atom is -0.348 e. The Morgan fingerprint density at radius 3 is 2.80 bits per heavy atom. The summed E-state index contributed by atoms with van der Waals surface area (Å²) in [5, 5.41) is 16.2. The third-order valence-corrected chi connectivity index (χ3v) is 3.09. The number of halogens is 2. The lowest BCUT2D eigenvalue weighted by molar-refractivity contribution is -0.387. The van der Waals surface area contributed by atoms with E-state index in [1.807, 2.05) is 0 Å². The van der Waals surface area contributed by atoms with Crippen molar-refractivity contribution in [1.29, 1.82) is 0 Å². The fourth-order valence-electron chi connectivity index (χ4n) is 2.11. The Bertz CT molecular complexity index is 545. The average Bonchev–Trinajstić information content (AvgIpc) is 2.41. The zero-order valence-corrected chi connectivity index (χ0v) is 10.5. The highest BCUT2D eigenvalue weighted by Gasteiger charge is 2.25. The summed E-state index contributed by atoms with van der Waals surface area (Å²) in [6.07, 6.45) is 1.58. The van der Waals surface area contributed by atoms with Crippen molar-refractivity contribution < 1.29 is 18.5 Å². The van der Waals surface area contributed by atoms with Gasteiger partial charge in [0.25, 0.3) is 5.91 Å². The van der Waals surface area contributed by atoms with Crippen molar-refractivity contribution in [3.8, 4) is 0 Å². The summed E-state index contributed by atoms with van der Waals surface area (Å²) in [5.74, 6) is -3.19. The number of hydrogen-bond donors (Lipinski definition) is 2. The van der Waals surface area contributed by atoms with Gasteiger partial charge in [0, 0.05) is 12.6 Å². The lowest BCUT2D eigenvalue weighted by Crippen LogP contribution is -2.45. The van der Waals surface area contributed by atoms with Crippen molar-refractivity contribution in [3.63, 3.8) is 0 Å². The van der Waals surface area contributed by atoms with Crippen LogP contribution in [0.1, 0.15) is 23.2 Å². The molecular weight excluding hydrogens is 272 g/mol. The summed E-state index contributed by atoms with van der Waals surface area (Å²) in [5.41, 5.74) is -1.70. The fourth-order valence-corrected chi connectivity index (χ4v) is 2.11. The average molecular weight is 285 g/mol. The molecule has 2 N–H and O–H groups in total. The number of nitro groups is 1. The number of rotatable bonds is 3. The first kappa shape index (κ1) is 14.3. The number of hydrogen-bond acceptors (Lipinski definition) is 4. The summed E-state index contributed by atoms with van der Waals surface area (Å²) in [7, 11) is 0. The maximum Gasteiger partial charge on any atom is 0.308 e. The van der Waals surface area contributed by atoms with E-state index in [9.17, 15) is 23.7 Å². The topological polar surface area (TPSA) is 84.3 Å². The first-order valence-electron chi connectivity index (χ1n) is 6.14. The Morgan fingerprint density at radius 2 is 2.20 bits per heavy atom. The van der Waals surface area contributed by atoms with E-state index in [4.69, 9.17) is 0 Å². The largest absolute Gasteiger partial charge is 0.348 e. The van der Waals surface area contributed by atoms with Gasteiger partial charge < -0.3 is 10.6 Å². The minimum atomic E-state index is -1.32. The molecule has 108 valence electrons. The van der Waals surface area contributed by atoms with Gasteiger partial charge in [-0.1, -0.05) is 0 Å². The third kappa shape index (κ3) is 3.08. The van der Waals surface area contributed by atoms with Crippen LogP contribution in [0.25, 0.3) is 0 Å². The normalized spacial score (nSPS) is 18.6. The van der Waals surface area contributed by atoms with E-state index in [-0.39, 0.29) is 6.04 Å². The third-order valence-electron chi connectivity index (χ3n) is 3.09. The summed E-state index contributed by atoms with van der Waals surface area (Å²) in [6, 6.07) is 0.917. The van der Waals surface area contributed by atoms with Crippen LogP contribution in [-0.4, -0.2) is 30.0 Å². The molecule has 8 heteroatoms. The zero-order chi connectivity index (χ0) is 14.7. The van der Waals surface area contributed by atoms with Gasteiger partial charge in [-0.05, 0) is 25.5 Å². The number of carbonyl (C=O) groups excluding carboxylic acids is 1. The Morgan fingerprint density at radius 1 is 1.45 bits per heavy atom. The molecule has 6 nitrogen and oxygen atoms in total. The molecule has 0 radical (unpaired) electrons. The summed E-state index contributed by atoms with van der Waals surface area (Å²) in [6.45, 7) is 1.37. The fraction of sp³-hybridized carbons (Fsp3) is 0.417. The van der Waals surface area contributed by atoms with Crippen molar-refractivity contribution in [3.05, 3.63) is 39.4 Å². The van der Waals surface area contributed by atoms with Crippen molar-refractivity contribution in [2.75, 3.05) is 13.1 Å². The molecule has 1 saturated heterocycles. The minimum absolute atomic E-state index is 0.196. The Balaban J connectivity index is 2.22. The van der Waals surface area contributed by atoms with Gasteiger partial charge in [-0.3, -0.25) is 14.9 Å². The summed E-state index contributed by atoms with van der Waals surface area (Å²) in [4.78, 5) is 21.4. The van der Waals surface area contributed by atoms with Crippen LogP contribution in [0.4, 0.5) is 14.5 Å². The molecule has 0 aromatic heterocycles. The highest BCUT2D eigenvalue weighted by molar-refractivity contribution is 5.95. The molecule has 1 amide bonds. The summed E-state index contributed by atoms with van der Waals surface area (Å²) < 4.78 is 27.1. The molecular formula is C12H13F2N3O3. The van der Waals surface area contributed by atoms with Gasteiger partial charge in [-0.25, -0.2) is 4.39 Å². The first-order valence-corrected chi connectivity index (χ1v) is 6.14. The lowest BCUT2D eigenvalue weighted by Gasteiger charge is -2.23. The van der Waals surface area contributed by atoms with Crippen LogP contribution in [0.2, 0.25) is 0 Å². The van der Waals surface area contributed by atoms with Gasteiger partial charge in [0.15, 0.2) is 0 Å². The van der Waals surface area contributed by atoms with E-state index in [1.165, 1.54) is 0 Å². The number of amides is 1. The summed E-state index contributed by atoms with van der Waals surface area (Å²) >= 11 is 0. The number of benzene rings is 1. The Labute approximate surface area is 113 Å². The van der Waals surface area contributed by atoms with Gasteiger partial charge in [0.05, 0.1) is 16.6 Å². The Kier molecular flexibility index (Phi) is 4.23. The van der Waals surface area contributed by atoms with Crippen molar-refractivity contribution in [1.82, 2.24) is 10.6 Å². The van der Waals surface area contributed by atoms with Gasteiger partial charge in [0.1, 0.15) is 5.82 Å². The van der Waals surface area contributed by atoms with Gasteiger partial charge >= 0.3 is 5.69 Å². The number of piperidine rings is 1. The number of nitro benzene ring substituents is 1. The monoisotopic (exact) mass is 285 g/mol. The van der Waals surface area contributed by atoms with E-state index < -0.39 is 33.7 Å². The molecule has 1 aliphatic heterocycles. The van der Waals surface area contributed by atoms with E-state index in [0.29, 0.717) is 18.7 Å². The van der Waals surface area contributed by atoms with E-state index >= 15 is 0 Å². The second-order valence-electron chi connectivity index (χ2n) is 4.56. The number of carbonyl (C=O) groups is 1. The molecule has 0 saturated carbocycles. The van der Waals surface area contributed by atoms with Crippen LogP contribution in [0.3, 0.4) is 0 Å². The highest BCUT2D eigenvalue weighted by Crippen LogP contribution is 2.22. The van der Waals surface area contributed by atoms with E-state index in [0.717, 1.165) is 19.4 Å². The second kappa shape index (κ2) is 5.91. The number of nitrogens with zero attached hydrogens (tertiary/aromatic N) is 1. The standard InChI is InChI=1S/C12H13F2N3O3/c13-7-4-9(11(14)10(5-7)17(19)20)12(18)16-8-2-1-3-15-6-8/h4-5,8,15H,1-3,6H2,(H,16,18)/t8-/m0/s1. The predicted molar refractivity (Wildman–Crippen MR) is 66.4 cm³/mol. The van der Waals surface area contributed by atoms with Gasteiger partial charge in [-0.2, -0.15) is 4.39 Å². The highest BCUT2D eigenvalue weighted by atomic mass is 19.1. The lowest BCUT2D eigenvalue weighted by atomic mass is 10.1. The quantitative estimate of drug-likeness (QED) is 0.648. The van der Waals surface area contributed by atoms with Crippen LogP contribution >= 0.6 is 0 Å². The maximum atomic E-state index is 13.8. The van der Waals surface area contributed by atoms with Crippen molar-refractivity contribution in [2.45, 2.75) is 18.9 Å². The zero-order valence-electron chi connectivity index (χ0n) is 10.5. The molecule has 0 unspecified atom stereocenters. The Hall–Kier alpha value is -2.09. The van der Waals surface area contributed by atoms with E-state index in [2.05, 4.69) is 10.6 Å². The molecule has 1 atom stereocenters.